The Hall–Kier alpha value is -2.55. The number of aliphatic imine (C=N–C) groups is 1. The number of nitrogens with one attached hydrogen (secondary N) is 3. The summed E-state index contributed by atoms with van der Waals surface area (Å²) in [5.41, 5.74) is 1.68. The standard InChI is InChI=1S/C21H26N4O2.HI/c1-3-15-27-19-12-8-7-11-18(19)16-25-21(22-2)24-14-13-23-20(26)17-9-5-4-6-10-17;/h3-12H,1,13-16H2,2H3,(H,23,26)(H2,22,24,25);1H. The van der Waals surface area contributed by atoms with Gasteiger partial charge in [-0.25, -0.2) is 0 Å². The SMILES string of the molecule is C=CCOc1ccccc1CNC(=NC)NCCNC(=O)c1ccccc1.I. The van der Waals surface area contributed by atoms with E-state index >= 15 is 0 Å². The van der Waals surface area contributed by atoms with E-state index in [0.717, 1.165) is 11.3 Å². The van der Waals surface area contributed by atoms with Gasteiger partial charge in [0.05, 0.1) is 0 Å². The van der Waals surface area contributed by atoms with Gasteiger partial charge >= 0.3 is 0 Å². The normalized spacial score (nSPS) is 10.4. The van der Waals surface area contributed by atoms with Crippen LogP contribution in [0.2, 0.25) is 0 Å². The third-order valence-corrected chi connectivity index (χ3v) is 3.74. The summed E-state index contributed by atoms with van der Waals surface area (Å²) in [4.78, 5) is 16.2. The van der Waals surface area contributed by atoms with Crippen LogP contribution in [-0.4, -0.2) is 38.6 Å². The van der Waals surface area contributed by atoms with Crippen LogP contribution in [0.25, 0.3) is 0 Å². The van der Waals surface area contributed by atoms with Crippen molar-refractivity contribution in [3.8, 4) is 5.75 Å². The van der Waals surface area contributed by atoms with Crippen LogP contribution in [-0.2, 0) is 6.54 Å². The highest BCUT2D eigenvalue weighted by Gasteiger charge is 2.05. The van der Waals surface area contributed by atoms with Crippen molar-refractivity contribution < 1.29 is 9.53 Å². The number of amides is 1. The Kier molecular flexibility index (Phi) is 11.4. The number of benzene rings is 2. The van der Waals surface area contributed by atoms with E-state index in [1.165, 1.54) is 0 Å². The topological polar surface area (TPSA) is 74.8 Å². The molecule has 0 aromatic heterocycles. The molecule has 28 heavy (non-hydrogen) atoms. The fourth-order valence-corrected chi connectivity index (χ4v) is 2.39. The first-order valence-electron chi connectivity index (χ1n) is 8.84. The highest BCUT2D eigenvalue weighted by molar-refractivity contribution is 14.0. The van der Waals surface area contributed by atoms with E-state index in [9.17, 15) is 4.79 Å². The van der Waals surface area contributed by atoms with Gasteiger partial charge in [-0.15, -0.1) is 24.0 Å². The quantitative estimate of drug-likeness (QED) is 0.165. The fraction of sp³-hybridized carbons (Fsp3) is 0.238. The molecule has 2 aromatic rings. The van der Waals surface area contributed by atoms with Crippen LogP contribution in [0.3, 0.4) is 0 Å². The zero-order valence-corrected chi connectivity index (χ0v) is 18.3. The van der Waals surface area contributed by atoms with Crippen LogP contribution in [0.4, 0.5) is 0 Å². The van der Waals surface area contributed by atoms with Crippen LogP contribution in [0.15, 0.2) is 72.2 Å². The average molecular weight is 494 g/mol. The van der Waals surface area contributed by atoms with Crippen molar-refractivity contribution in [3.05, 3.63) is 78.4 Å². The highest BCUT2D eigenvalue weighted by Crippen LogP contribution is 2.17. The van der Waals surface area contributed by atoms with Crippen LogP contribution in [0.1, 0.15) is 15.9 Å². The largest absolute Gasteiger partial charge is 0.489 e. The molecule has 1 amide bonds. The lowest BCUT2D eigenvalue weighted by molar-refractivity contribution is 0.0954. The Balaban J connectivity index is 0.00000392. The summed E-state index contributed by atoms with van der Waals surface area (Å²) in [7, 11) is 1.71. The molecule has 7 heteroatoms. The summed E-state index contributed by atoms with van der Waals surface area (Å²) in [6.07, 6.45) is 1.72. The number of halogens is 1. The first-order valence-corrected chi connectivity index (χ1v) is 8.84. The van der Waals surface area contributed by atoms with Crippen molar-refractivity contribution in [3.63, 3.8) is 0 Å². The van der Waals surface area contributed by atoms with E-state index in [2.05, 4.69) is 27.5 Å². The summed E-state index contributed by atoms with van der Waals surface area (Å²) >= 11 is 0. The van der Waals surface area contributed by atoms with Gasteiger partial charge in [0, 0.05) is 37.8 Å². The number of guanidine groups is 1. The second-order valence-corrected chi connectivity index (χ2v) is 5.68. The third-order valence-electron chi connectivity index (χ3n) is 3.74. The molecule has 0 fully saturated rings. The van der Waals surface area contributed by atoms with Crippen LogP contribution in [0.5, 0.6) is 5.75 Å². The second kappa shape index (κ2) is 13.6. The minimum absolute atomic E-state index is 0. The van der Waals surface area contributed by atoms with Gasteiger partial charge in [-0.1, -0.05) is 49.1 Å². The van der Waals surface area contributed by atoms with E-state index in [-0.39, 0.29) is 29.9 Å². The molecule has 0 heterocycles. The zero-order valence-electron chi connectivity index (χ0n) is 16.0. The van der Waals surface area contributed by atoms with E-state index in [0.29, 0.717) is 37.8 Å². The molecule has 150 valence electrons. The average Bonchev–Trinajstić information content (AvgIpc) is 2.72. The molecule has 0 aliphatic rings. The lowest BCUT2D eigenvalue weighted by Gasteiger charge is -2.14. The molecule has 0 aliphatic carbocycles. The molecule has 0 unspecified atom stereocenters. The number of para-hydroxylation sites is 1. The summed E-state index contributed by atoms with van der Waals surface area (Å²) in [6.45, 7) is 5.76. The van der Waals surface area contributed by atoms with Crippen molar-refractivity contribution in [2.75, 3.05) is 26.7 Å². The predicted molar refractivity (Wildman–Crippen MR) is 125 cm³/mol. The van der Waals surface area contributed by atoms with Crippen LogP contribution < -0.4 is 20.7 Å². The molecule has 0 aliphatic heterocycles. The Bertz CT molecular complexity index is 766. The lowest BCUT2D eigenvalue weighted by Crippen LogP contribution is -2.41. The minimum Gasteiger partial charge on any atom is -0.489 e. The molecule has 0 saturated carbocycles. The van der Waals surface area contributed by atoms with E-state index in [1.807, 2.05) is 42.5 Å². The number of hydrogen-bond donors (Lipinski definition) is 3. The maximum absolute atomic E-state index is 12.0. The summed E-state index contributed by atoms with van der Waals surface area (Å²) in [5, 5.41) is 9.29. The van der Waals surface area contributed by atoms with Gasteiger partial charge in [0.25, 0.3) is 5.91 Å². The van der Waals surface area contributed by atoms with E-state index in [1.54, 1.807) is 25.3 Å². The smallest absolute Gasteiger partial charge is 0.251 e. The molecule has 2 rings (SSSR count). The van der Waals surface area contributed by atoms with Gasteiger partial charge in [0.2, 0.25) is 0 Å². The van der Waals surface area contributed by atoms with Gasteiger partial charge in [0.15, 0.2) is 5.96 Å². The van der Waals surface area contributed by atoms with Crippen LogP contribution in [0, 0.1) is 0 Å². The molecular formula is C21H27IN4O2. The summed E-state index contributed by atoms with van der Waals surface area (Å²) in [6, 6.07) is 17.0. The number of hydrogen-bond acceptors (Lipinski definition) is 3. The Morgan fingerprint density at radius 1 is 1.04 bits per heavy atom. The van der Waals surface area contributed by atoms with E-state index < -0.39 is 0 Å². The van der Waals surface area contributed by atoms with Crippen molar-refractivity contribution >= 4 is 35.8 Å². The number of ether oxygens (including phenoxy) is 1. The first-order chi connectivity index (χ1) is 13.2. The molecule has 0 radical (unpaired) electrons. The summed E-state index contributed by atoms with van der Waals surface area (Å²) < 4.78 is 5.65. The Morgan fingerprint density at radius 2 is 1.71 bits per heavy atom. The van der Waals surface area contributed by atoms with Gasteiger partial charge in [-0.05, 0) is 18.2 Å². The Morgan fingerprint density at radius 3 is 2.43 bits per heavy atom. The molecule has 0 bridgehead atoms. The number of carbonyl (C=O) groups is 1. The molecular weight excluding hydrogens is 467 g/mol. The zero-order chi connectivity index (χ0) is 19.3. The molecule has 0 spiro atoms. The summed E-state index contributed by atoms with van der Waals surface area (Å²) in [5.74, 6) is 1.38. The van der Waals surface area contributed by atoms with Crippen molar-refractivity contribution in [1.82, 2.24) is 16.0 Å². The second-order valence-electron chi connectivity index (χ2n) is 5.68. The maximum Gasteiger partial charge on any atom is 0.251 e. The van der Waals surface area contributed by atoms with E-state index in [4.69, 9.17) is 4.74 Å². The van der Waals surface area contributed by atoms with Gasteiger partial charge in [-0.3, -0.25) is 9.79 Å². The number of nitrogens with zero attached hydrogens (tertiary/aromatic N) is 1. The predicted octanol–water partition coefficient (Wildman–Crippen LogP) is 2.96. The molecule has 6 nitrogen and oxygen atoms in total. The Labute approximate surface area is 183 Å². The van der Waals surface area contributed by atoms with Gasteiger partial charge in [-0.2, -0.15) is 0 Å². The molecule has 3 N–H and O–H groups in total. The third kappa shape index (κ3) is 7.99. The van der Waals surface area contributed by atoms with Gasteiger partial charge in [0.1, 0.15) is 12.4 Å². The lowest BCUT2D eigenvalue weighted by atomic mass is 10.2. The molecule has 0 atom stereocenters. The first kappa shape index (κ1) is 23.5. The van der Waals surface area contributed by atoms with Crippen molar-refractivity contribution in [2.45, 2.75) is 6.54 Å². The van der Waals surface area contributed by atoms with Crippen LogP contribution >= 0.6 is 24.0 Å². The fourth-order valence-electron chi connectivity index (χ4n) is 2.39. The monoisotopic (exact) mass is 494 g/mol. The number of rotatable bonds is 9. The van der Waals surface area contributed by atoms with Gasteiger partial charge < -0.3 is 20.7 Å². The number of carbonyl (C=O) groups excluding carboxylic acids is 1. The highest BCUT2D eigenvalue weighted by atomic mass is 127. The maximum atomic E-state index is 12.0. The van der Waals surface area contributed by atoms with Crippen molar-refractivity contribution in [2.24, 2.45) is 4.99 Å². The molecule has 0 saturated heterocycles. The van der Waals surface area contributed by atoms with Crippen molar-refractivity contribution in [1.29, 1.82) is 0 Å². The minimum atomic E-state index is -0.0892. The molecule has 2 aromatic carbocycles.